The van der Waals surface area contributed by atoms with E-state index in [4.69, 9.17) is 9.84 Å². The van der Waals surface area contributed by atoms with Gasteiger partial charge in [0.2, 0.25) is 0 Å². The Balaban J connectivity index is 2.12. The minimum Gasteiger partial charge on any atom is -0.494 e. The van der Waals surface area contributed by atoms with E-state index in [1.807, 2.05) is 18.2 Å². The van der Waals surface area contributed by atoms with Crippen LogP contribution in [-0.2, 0) is 4.79 Å². The van der Waals surface area contributed by atoms with E-state index in [0.717, 1.165) is 40.4 Å². The molecule has 1 N–H and O–H groups in total. The van der Waals surface area contributed by atoms with Gasteiger partial charge in [-0.1, -0.05) is 44.7 Å². The van der Waals surface area contributed by atoms with E-state index in [1.165, 1.54) is 0 Å². The fourth-order valence-electron chi connectivity index (χ4n) is 1.53. The van der Waals surface area contributed by atoms with Crippen LogP contribution in [0.3, 0.4) is 0 Å². The molecule has 0 bridgehead atoms. The summed E-state index contributed by atoms with van der Waals surface area (Å²) in [5, 5.41) is 8.48. The Hall–Kier alpha value is -0.550. The maximum Gasteiger partial charge on any atom is 0.303 e. The van der Waals surface area contributed by atoms with E-state index in [2.05, 4.69) is 31.9 Å². The Labute approximate surface area is 124 Å². The first kappa shape index (κ1) is 15.5. The predicted octanol–water partition coefficient (Wildman–Crippen LogP) is 4.63. The first-order chi connectivity index (χ1) is 8.58. The van der Waals surface area contributed by atoms with Gasteiger partial charge in [0.1, 0.15) is 5.75 Å². The molecule has 5 heteroatoms. The van der Waals surface area contributed by atoms with Crippen LogP contribution in [0, 0.1) is 0 Å². The Kier molecular flexibility index (Phi) is 7.35. The molecule has 0 saturated heterocycles. The number of hydrogen-bond donors (Lipinski definition) is 1. The highest BCUT2D eigenvalue weighted by Gasteiger charge is 1.99. The molecule has 0 spiro atoms. The number of unbranched alkanes of at least 4 members (excludes halogenated alkanes) is 3. The van der Waals surface area contributed by atoms with Crippen molar-refractivity contribution < 1.29 is 14.6 Å². The van der Waals surface area contributed by atoms with E-state index < -0.39 is 5.97 Å². The van der Waals surface area contributed by atoms with Crippen LogP contribution >= 0.6 is 31.9 Å². The van der Waals surface area contributed by atoms with Crippen molar-refractivity contribution in [3.63, 3.8) is 0 Å². The fraction of sp³-hybridized carbons (Fsp3) is 0.462. The number of rotatable bonds is 8. The lowest BCUT2D eigenvalue weighted by Gasteiger charge is -2.07. The van der Waals surface area contributed by atoms with E-state index in [9.17, 15) is 4.79 Å². The van der Waals surface area contributed by atoms with E-state index in [0.29, 0.717) is 6.61 Å². The van der Waals surface area contributed by atoms with Crippen molar-refractivity contribution in [1.29, 1.82) is 0 Å². The van der Waals surface area contributed by atoms with E-state index >= 15 is 0 Å². The summed E-state index contributed by atoms with van der Waals surface area (Å²) >= 11 is 6.81. The molecule has 100 valence electrons. The summed E-state index contributed by atoms with van der Waals surface area (Å²) in [4.78, 5) is 10.3. The molecule has 0 heterocycles. The topological polar surface area (TPSA) is 46.5 Å². The molecule has 0 unspecified atom stereocenters. The third-order valence-electron chi connectivity index (χ3n) is 2.39. The Morgan fingerprint density at radius 3 is 2.28 bits per heavy atom. The monoisotopic (exact) mass is 378 g/mol. The maximum absolute atomic E-state index is 10.3. The average Bonchev–Trinajstić information content (AvgIpc) is 2.26. The van der Waals surface area contributed by atoms with Crippen LogP contribution < -0.4 is 4.74 Å². The van der Waals surface area contributed by atoms with Gasteiger partial charge in [0, 0.05) is 15.4 Å². The lowest BCUT2D eigenvalue weighted by Crippen LogP contribution is -1.98. The van der Waals surface area contributed by atoms with Gasteiger partial charge < -0.3 is 9.84 Å². The summed E-state index contributed by atoms with van der Waals surface area (Å²) in [5.41, 5.74) is 0. The molecule has 0 aliphatic rings. The molecule has 0 fully saturated rings. The van der Waals surface area contributed by atoms with Crippen LogP contribution in [0.25, 0.3) is 0 Å². The second-order valence-corrected chi connectivity index (χ2v) is 5.84. The van der Waals surface area contributed by atoms with Crippen molar-refractivity contribution in [2.45, 2.75) is 32.1 Å². The summed E-state index contributed by atoms with van der Waals surface area (Å²) in [7, 11) is 0. The highest BCUT2D eigenvalue weighted by Crippen LogP contribution is 2.25. The minimum atomic E-state index is -0.717. The number of carboxylic acid groups (broad SMARTS) is 1. The average molecular weight is 380 g/mol. The van der Waals surface area contributed by atoms with E-state index in [-0.39, 0.29) is 6.42 Å². The molecule has 0 aliphatic heterocycles. The molecule has 0 aliphatic carbocycles. The van der Waals surface area contributed by atoms with Gasteiger partial charge >= 0.3 is 5.97 Å². The Bertz CT molecular complexity index is 374. The van der Waals surface area contributed by atoms with Crippen molar-refractivity contribution in [3.05, 3.63) is 27.1 Å². The molecule has 1 aromatic carbocycles. The zero-order valence-electron chi connectivity index (χ0n) is 9.99. The molecule has 0 amide bonds. The smallest absolute Gasteiger partial charge is 0.303 e. The zero-order chi connectivity index (χ0) is 13.4. The number of benzene rings is 1. The number of carboxylic acids is 1. The van der Waals surface area contributed by atoms with Gasteiger partial charge in [-0.25, -0.2) is 0 Å². The Morgan fingerprint density at radius 2 is 1.67 bits per heavy atom. The van der Waals surface area contributed by atoms with Crippen LogP contribution in [-0.4, -0.2) is 17.7 Å². The van der Waals surface area contributed by atoms with Crippen molar-refractivity contribution in [2.24, 2.45) is 0 Å². The maximum atomic E-state index is 10.3. The normalized spacial score (nSPS) is 10.3. The molecule has 0 aromatic heterocycles. The number of hydrogen-bond acceptors (Lipinski definition) is 2. The third kappa shape index (κ3) is 7.01. The number of carbonyl (C=O) groups is 1. The molecule has 18 heavy (non-hydrogen) atoms. The van der Waals surface area contributed by atoms with Gasteiger partial charge in [-0.15, -0.1) is 0 Å². The predicted molar refractivity (Wildman–Crippen MR) is 78.1 cm³/mol. The molecular formula is C13H16Br2O3. The molecule has 1 aromatic rings. The van der Waals surface area contributed by atoms with Gasteiger partial charge in [0.25, 0.3) is 0 Å². The van der Waals surface area contributed by atoms with Gasteiger partial charge in [0.05, 0.1) is 6.61 Å². The molecular weight excluding hydrogens is 364 g/mol. The lowest BCUT2D eigenvalue weighted by atomic mass is 10.1. The van der Waals surface area contributed by atoms with Crippen LogP contribution in [0.5, 0.6) is 5.75 Å². The highest BCUT2D eigenvalue weighted by molar-refractivity contribution is 9.11. The van der Waals surface area contributed by atoms with Gasteiger partial charge in [0.15, 0.2) is 0 Å². The van der Waals surface area contributed by atoms with E-state index in [1.54, 1.807) is 0 Å². The number of halogens is 2. The number of ether oxygens (including phenoxy) is 1. The van der Waals surface area contributed by atoms with Crippen molar-refractivity contribution >= 4 is 37.8 Å². The SMILES string of the molecule is O=C(O)CCCCCCOc1cc(Br)cc(Br)c1. The first-order valence-corrected chi connectivity index (χ1v) is 7.47. The van der Waals surface area contributed by atoms with Crippen LogP contribution in [0.15, 0.2) is 27.1 Å². The minimum absolute atomic E-state index is 0.263. The van der Waals surface area contributed by atoms with Gasteiger partial charge in [-0.2, -0.15) is 0 Å². The standard InChI is InChI=1S/C13H16Br2O3/c14-10-7-11(15)9-12(8-10)18-6-4-2-1-3-5-13(16)17/h7-9H,1-6H2,(H,16,17). The van der Waals surface area contributed by atoms with Crippen molar-refractivity contribution in [3.8, 4) is 5.75 Å². The summed E-state index contributed by atoms with van der Waals surface area (Å²) in [6.07, 6.45) is 3.90. The third-order valence-corrected chi connectivity index (χ3v) is 3.31. The van der Waals surface area contributed by atoms with Gasteiger partial charge in [-0.05, 0) is 31.0 Å². The second kappa shape index (κ2) is 8.53. The van der Waals surface area contributed by atoms with Gasteiger partial charge in [-0.3, -0.25) is 4.79 Å². The zero-order valence-corrected chi connectivity index (χ0v) is 13.2. The summed E-state index contributed by atoms with van der Waals surface area (Å²) < 4.78 is 7.58. The highest BCUT2D eigenvalue weighted by atomic mass is 79.9. The van der Waals surface area contributed by atoms with Crippen LogP contribution in [0.1, 0.15) is 32.1 Å². The lowest BCUT2D eigenvalue weighted by molar-refractivity contribution is -0.137. The summed E-state index contributed by atoms with van der Waals surface area (Å²) in [5.74, 6) is 0.118. The molecule has 3 nitrogen and oxygen atoms in total. The van der Waals surface area contributed by atoms with Crippen molar-refractivity contribution in [1.82, 2.24) is 0 Å². The second-order valence-electron chi connectivity index (χ2n) is 4.01. The summed E-state index contributed by atoms with van der Waals surface area (Å²) in [6, 6.07) is 5.81. The number of aliphatic carboxylic acids is 1. The largest absolute Gasteiger partial charge is 0.494 e. The molecule has 0 atom stereocenters. The quantitative estimate of drug-likeness (QED) is 0.670. The summed E-state index contributed by atoms with van der Waals surface area (Å²) in [6.45, 7) is 0.663. The molecule has 0 radical (unpaired) electrons. The fourth-order valence-corrected chi connectivity index (χ4v) is 2.79. The Morgan fingerprint density at radius 1 is 1.06 bits per heavy atom. The van der Waals surface area contributed by atoms with Crippen LogP contribution in [0.4, 0.5) is 0 Å². The molecule has 0 saturated carbocycles. The van der Waals surface area contributed by atoms with Crippen LogP contribution in [0.2, 0.25) is 0 Å². The first-order valence-electron chi connectivity index (χ1n) is 5.88. The molecule has 1 rings (SSSR count). The van der Waals surface area contributed by atoms with Crippen molar-refractivity contribution in [2.75, 3.05) is 6.61 Å².